The third-order valence-electron chi connectivity index (χ3n) is 6.64. The zero-order valence-corrected chi connectivity index (χ0v) is 21.1. The average Bonchev–Trinajstić information content (AvgIpc) is 2.86. The highest BCUT2D eigenvalue weighted by atomic mass is 19.4. The van der Waals surface area contributed by atoms with Gasteiger partial charge in [0.05, 0.1) is 23.0 Å². The fraction of sp³-hybridized carbons (Fsp3) is 0.296. The van der Waals surface area contributed by atoms with Crippen LogP contribution in [-0.2, 0) is 10.9 Å². The third kappa shape index (κ3) is 5.48. The molecule has 5 rings (SSSR count). The number of fused-ring (bicyclic) bond motifs is 1. The molecular weight excluding hydrogens is 497 g/mol. The number of nitrogens with one attached hydrogen (secondary N) is 2. The summed E-state index contributed by atoms with van der Waals surface area (Å²) in [7, 11) is 5.72. The molecule has 8 nitrogen and oxygen atoms in total. The predicted molar refractivity (Wildman–Crippen MR) is 139 cm³/mol. The molecule has 198 valence electrons. The number of aromatic nitrogens is 3. The molecule has 1 aliphatic rings. The highest BCUT2D eigenvalue weighted by Crippen LogP contribution is 2.39. The molecule has 0 bridgehead atoms. The lowest BCUT2D eigenvalue weighted by Crippen LogP contribution is -2.59. The smallest absolute Gasteiger partial charge is 0.416 e. The van der Waals surface area contributed by atoms with Crippen LogP contribution in [0.3, 0.4) is 0 Å². The Kier molecular flexibility index (Phi) is 6.80. The Morgan fingerprint density at radius 1 is 0.947 bits per heavy atom. The Morgan fingerprint density at radius 2 is 1.71 bits per heavy atom. The maximum Gasteiger partial charge on any atom is 0.416 e. The van der Waals surface area contributed by atoms with Crippen molar-refractivity contribution in [2.45, 2.75) is 30.8 Å². The molecule has 0 atom stereocenters. The molecule has 2 aromatic carbocycles. The number of rotatable bonds is 8. The van der Waals surface area contributed by atoms with Gasteiger partial charge in [-0.1, -0.05) is 6.07 Å². The number of ether oxygens (including phenoxy) is 2. The van der Waals surface area contributed by atoms with Gasteiger partial charge in [-0.15, -0.1) is 0 Å². The molecule has 0 saturated heterocycles. The second-order valence-corrected chi connectivity index (χ2v) is 9.36. The van der Waals surface area contributed by atoms with Crippen LogP contribution in [0, 0.1) is 0 Å². The highest BCUT2D eigenvalue weighted by Gasteiger charge is 2.48. The number of pyridine rings is 1. The molecule has 38 heavy (non-hydrogen) atoms. The van der Waals surface area contributed by atoms with Gasteiger partial charge in [0.2, 0.25) is 5.95 Å². The number of hydrogen-bond donors (Lipinski definition) is 2. The van der Waals surface area contributed by atoms with Crippen molar-refractivity contribution in [3.8, 4) is 5.75 Å². The van der Waals surface area contributed by atoms with Crippen LogP contribution >= 0.6 is 0 Å². The topological polar surface area (TPSA) is 84.4 Å². The molecular formula is C27H27F3N6O2. The van der Waals surface area contributed by atoms with Gasteiger partial charge in [-0.25, -0.2) is 4.98 Å². The molecule has 0 aliphatic heterocycles. The van der Waals surface area contributed by atoms with E-state index in [1.165, 1.54) is 12.3 Å². The summed E-state index contributed by atoms with van der Waals surface area (Å²) in [5.41, 5.74) is 0.643. The normalized spacial score (nSPS) is 19.3. The van der Waals surface area contributed by atoms with Gasteiger partial charge in [-0.2, -0.15) is 18.2 Å². The molecule has 2 N–H and O–H groups in total. The summed E-state index contributed by atoms with van der Waals surface area (Å²) in [4.78, 5) is 15.0. The van der Waals surface area contributed by atoms with E-state index in [0.717, 1.165) is 36.4 Å². The molecule has 1 aliphatic carbocycles. The Balaban J connectivity index is 1.20. The van der Waals surface area contributed by atoms with Gasteiger partial charge in [0.25, 0.3) is 0 Å². The summed E-state index contributed by atoms with van der Waals surface area (Å²) in [6, 6.07) is 14.4. The zero-order valence-electron chi connectivity index (χ0n) is 21.1. The monoisotopic (exact) mass is 524 g/mol. The van der Waals surface area contributed by atoms with Gasteiger partial charge in [-0.05, 0) is 62.6 Å². The molecule has 1 saturated carbocycles. The van der Waals surface area contributed by atoms with Gasteiger partial charge in [0.15, 0.2) is 0 Å². The van der Waals surface area contributed by atoms with E-state index in [1.807, 2.05) is 38.4 Å². The standard InChI is InChI=1S/C27H27F3N6O2/c1-36(2)26(37-3)14-22(15-26)38-21-8-6-19(7-9-21)34-25-31-11-10-24(35-25)33-20-12-17-4-5-18(27(28,29)30)13-23(17)32-16-20/h4-13,16,22H,14-15H2,1-3H3,(H2,31,33,34,35). The number of anilines is 4. The average molecular weight is 525 g/mol. The third-order valence-corrected chi connectivity index (χ3v) is 6.64. The van der Waals surface area contributed by atoms with Crippen LogP contribution in [0.25, 0.3) is 10.9 Å². The molecule has 2 aromatic heterocycles. The molecule has 2 heterocycles. The lowest BCUT2D eigenvalue weighted by Gasteiger charge is -2.50. The van der Waals surface area contributed by atoms with Crippen molar-refractivity contribution in [1.82, 2.24) is 19.9 Å². The first-order valence-electron chi connectivity index (χ1n) is 12.0. The van der Waals surface area contributed by atoms with Crippen LogP contribution in [-0.4, -0.2) is 52.9 Å². The van der Waals surface area contributed by atoms with E-state index in [2.05, 4.69) is 30.5 Å². The van der Waals surface area contributed by atoms with E-state index >= 15 is 0 Å². The van der Waals surface area contributed by atoms with Gasteiger partial charge >= 0.3 is 6.18 Å². The van der Waals surface area contributed by atoms with E-state index in [9.17, 15) is 13.2 Å². The van der Waals surface area contributed by atoms with Gasteiger partial charge in [-0.3, -0.25) is 9.88 Å². The van der Waals surface area contributed by atoms with Gasteiger partial charge < -0.3 is 20.1 Å². The first kappa shape index (κ1) is 25.7. The maximum absolute atomic E-state index is 13.0. The number of alkyl halides is 3. The Morgan fingerprint density at radius 3 is 2.39 bits per heavy atom. The first-order valence-corrected chi connectivity index (χ1v) is 12.0. The summed E-state index contributed by atoms with van der Waals surface area (Å²) in [5, 5.41) is 6.86. The van der Waals surface area contributed by atoms with Crippen molar-refractivity contribution in [3.63, 3.8) is 0 Å². The van der Waals surface area contributed by atoms with Crippen LogP contribution in [0.4, 0.5) is 36.3 Å². The lowest BCUT2D eigenvalue weighted by atomic mass is 9.83. The van der Waals surface area contributed by atoms with Gasteiger partial charge in [0, 0.05) is 37.2 Å². The van der Waals surface area contributed by atoms with E-state index in [0.29, 0.717) is 22.8 Å². The van der Waals surface area contributed by atoms with E-state index in [1.54, 1.807) is 25.4 Å². The molecule has 0 spiro atoms. The zero-order chi connectivity index (χ0) is 26.9. The van der Waals surface area contributed by atoms with Crippen molar-refractivity contribution >= 4 is 34.0 Å². The van der Waals surface area contributed by atoms with Crippen molar-refractivity contribution in [3.05, 3.63) is 72.6 Å². The van der Waals surface area contributed by atoms with E-state index in [-0.39, 0.29) is 17.3 Å². The summed E-state index contributed by atoms with van der Waals surface area (Å²) >= 11 is 0. The highest BCUT2D eigenvalue weighted by molar-refractivity contribution is 5.83. The quantitative estimate of drug-likeness (QED) is 0.273. The number of hydrogen-bond acceptors (Lipinski definition) is 8. The van der Waals surface area contributed by atoms with E-state index < -0.39 is 11.7 Å². The minimum atomic E-state index is -4.41. The summed E-state index contributed by atoms with van der Waals surface area (Å²) in [5.74, 6) is 1.65. The maximum atomic E-state index is 13.0. The predicted octanol–water partition coefficient (Wildman–Crippen LogP) is 5.98. The van der Waals surface area contributed by atoms with Crippen LogP contribution in [0.5, 0.6) is 5.75 Å². The Bertz CT molecular complexity index is 1420. The van der Waals surface area contributed by atoms with Crippen molar-refractivity contribution in [2.24, 2.45) is 0 Å². The minimum Gasteiger partial charge on any atom is -0.490 e. The second-order valence-electron chi connectivity index (χ2n) is 9.36. The number of nitrogens with zero attached hydrogens (tertiary/aromatic N) is 4. The van der Waals surface area contributed by atoms with E-state index in [4.69, 9.17) is 9.47 Å². The van der Waals surface area contributed by atoms with Crippen molar-refractivity contribution in [2.75, 3.05) is 31.8 Å². The lowest BCUT2D eigenvalue weighted by molar-refractivity contribution is -0.204. The first-order chi connectivity index (χ1) is 18.1. The summed E-state index contributed by atoms with van der Waals surface area (Å²) in [6.45, 7) is 0. The molecule has 1 fully saturated rings. The summed E-state index contributed by atoms with van der Waals surface area (Å²) in [6.07, 6.45) is 0.343. The minimum absolute atomic E-state index is 0.0959. The molecule has 11 heteroatoms. The molecule has 0 radical (unpaired) electrons. The SMILES string of the molecule is COC1(N(C)C)CC(Oc2ccc(Nc3nccc(Nc4cnc5cc(C(F)(F)F)ccc5c4)n3)cc2)C1. The van der Waals surface area contributed by atoms with Crippen molar-refractivity contribution < 1.29 is 22.6 Å². The number of halogens is 3. The Hall–Kier alpha value is -3.96. The van der Waals surface area contributed by atoms with Crippen LogP contribution in [0.15, 0.2) is 67.0 Å². The fourth-order valence-electron chi connectivity index (χ4n) is 4.39. The Labute approximate surface area is 217 Å². The van der Waals surface area contributed by atoms with Crippen LogP contribution in [0.2, 0.25) is 0 Å². The van der Waals surface area contributed by atoms with Crippen molar-refractivity contribution in [1.29, 1.82) is 0 Å². The van der Waals surface area contributed by atoms with Crippen LogP contribution < -0.4 is 15.4 Å². The largest absolute Gasteiger partial charge is 0.490 e. The second kappa shape index (κ2) is 10.1. The molecule has 0 unspecified atom stereocenters. The number of benzene rings is 2. The number of methoxy groups -OCH3 is 1. The molecule has 4 aromatic rings. The van der Waals surface area contributed by atoms with Gasteiger partial charge in [0.1, 0.15) is 23.4 Å². The fourth-order valence-corrected chi connectivity index (χ4v) is 4.39. The summed E-state index contributed by atoms with van der Waals surface area (Å²) < 4.78 is 50.6. The molecule has 0 amide bonds. The van der Waals surface area contributed by atoms with Crippen LogP contribution in [0.1, 0.15) is 18.4 Å².